The van der Waals surface area contributed by atoms with Crippen molar-refractivity contribution in [1.29, 1.82) is 0 Å². The molecule has 0 bridgehead atoms. The van der Waals surface area contributed by atoms with Gasteiger partial charge in [0.05, 0.1) is 6.21 Å². The van der Waals surface area contributed by atoms with Crippen molar-refractivity contribution in [3.05, 3.63) is 40.4 Å². The van der Waals surface area contributed by atoms with Gasteiger partial charge in [0.25, 0.3) is 0 Å². The van der Waals surface area contributed by atoms with Crippen LogP contribution < -0.4 is 5.73 Å². The first-order valence-corrected chi connectivity index (χ1v) is 7.45. The lowest BCUT2D eigenvalue weighted by Crippen LogP contribution is -2.03. The van der Waals surface area contributed by atoms with Gasteiger partial charge in [0.1, 0.15) is 5.75 Å². The van der Waals surface area contributed by atoms with E-state index in [1.165, 1.54) is 18.0 Å². The minimum atomic E-state index is 0.163. The minimum Gasteiger partial charge on any atom is -0.507 e. The first-order chi connectivity index (χ1) is 9.11. The van der Waals surface area contributed by atoms with Gasteiger partial charge in [-0.15, -0.1) is 5.10 Å². The van der Waals surface area contributed by atoms with Crippen LogP contribution in [-0.2, 0) is 0 Å². The molecule has 0 aliphatic rings. The highest BCUT2D eigenvalue weighted by atomic mass is 79.9. The maximum atomic E-state index is 9.91. The second-order valence-corrected chi connectivity index (χ2v) is 5.49. The lowest BCUT2D eigenvalue weighted by Gasteiger charge is -2.04. The fraction of sp³-hybridized carbons (Fsp3) is 0.0769. The molecule has 4 nitrogen and oxygen atoms in total. The maximum absolute atomic E-state index is 9.91. The van der Waals surface area contributed by atoms with Crippen LogP contribution in [0.2, 0.25) is 0 Å². The van der Waals surface area contributed by atoms with E-state index >= 15 is 0 Å². The van der Waals surface area contributed by atoms with E-state index in [0.29, 0.717) is 10.7 Å². The Kier molecular flexibility index (Phi) is 4.44. The third-order valence-electron chi connectivity index (χ3n) is 2.55. The van der Waals surface area contributed by atoms with Crippen LogP contribution in [-0.4, -0.2) is 22.7 Å². The quantitative estimate of drug-likeness (QED) is 0.501. The van der Waals surface area contributed by atoms with E-state index in [9.17, 15) is 5.11 Å². The number of fused-ring (bicyclic) bond motifs is 1. The standard InChI is InChI=1S/C13H12BrN3OS/c1-19-13(15)17-16-7-11-10-4-3-9(14)6-8(10)2-5-12(11)18/h2-7,18H,1H3,(H2,15,17)/b16-7-. The Balaban J connectivity index is 2.50. The number of amidine groups is 1. The van der Waals surface area contributed by atoms with Crippen LogP contribution >= 0.6 is 27.7 Å². The summed E-state index contributed by atoms with van der Waals surface area (Å²) in [5, 5.41) is 19.9. The van der Waals surface area contributed by atoms with Crippen LogP contribution in [0, 0.1) is 0 Å². The Morgan fingerprint density at radius 2 is 2.16 bits per heavy atom. The lowest BCUT2D eigenvalue weighted by molar-refractivity contribution is 0.475. The molecule has 0 radical (unpaired) electrons. The molecule has 2 rings (SSSR count). The molecule has 0 saturated heterocycles. The number of hydrogen-bond donors (Lipinski definition) is 2. The van der Waals surface area contributed by atoms with E-state index in [2.05, 4.69) is 26.1 Å². The fourth-order valence-corrected chi connectivity index (χ4v) is 2.14. The third kappa shape index (κ3) is 3.27. The smallest absolute Gasteiger partial charge is 0.180 e. The van der Waals surface area contributed by atoms with Gasteiger partial charge in [0.2, 0.25) is 0 Å². The predicted octanol–water partition coefficient (Wildman–Crippen LogP) is 3.32. The number of phenols is 1. The summed E-state index contributed by atoms with van der Waals surface area (Å²) in [4.78, 5) is 0. The minimum absolute atomic E-state index is 0.163. The molecule has 0 amide bonds. The monoisotopic (exact) mass is 337 g/mol. The fourth-order valence-electron chi connectivity index (χ4n) is 1.63. The molecule has 0 unspecified atom stereocenters. The lowest BCUT2D eigenvalue weighted by atomic mass is 10.0. The molecular weight excluding hydrogens is 326 g/mol. The Hall–Kier alpha value is -1.53. The molecule has 6 heteroatoms. The molecule has 0 atom stereocenters. The molecule has 2 aromatic carbocycles. The highest BCUT2D eigenvalue weighted by Gasteiger charge is 2.05. The van der Waals surface area contributed by atoms with Gasteiger partial charge in [0.15, 0.2) is 5.17 Å². The van der Waals surface area contributed by atoms with Crippen molar-refractivity contribution in [3.63, 3.8) is 0 Å². The molecule has 0 saturated carbocycles. The topological polar surface area (TPSA) is 71.0 Å². The van der Waals surface area contributed by atoms with Gasteiger partial charge >= 0.3 is 0 Å². The largest absolute Gasteiger partial charge is 0.507 e. The summed E-state index contributed by atoms with van der Waals surface area (Å²) in [6, 6.07) is 9.30. The number of halogens is 1. The molecule has 2 aromatic rings. The average molecular weight is 338 g/mol. The van der Waals surface area contributed by atoms with Gasteiger partial charge in [-0.05, 0) is 35.2 Å². The number of thioether (sulfide) groups is 1. The molecular formula is C13H12BrN3OS. The van der Waals surface area contributed by atoms with Gasteiger partial charge < -0.3 is 10.8 Å². The van der Waals surface area contributed by atoms with Crippen LogP contribution in [0.3, 0.4) is 0 Å². The van der Waals surface area contributed by atoms with Gasteiger partial charge in [-0.3, -0.25) is 0 Å². The summed E-state index contributed by atoms with van der Waals surface area (Å²) in [6.45, 7) is 0. The second kappa shape index (κ2) is 6.08. The van der Waals surface area contributed by atoms with E-state index in [1.807, 2.05) is 30.5 Å². The van der Waals surface area contributed by atoms with Crippen molar-refractivity contribution < 1.29 is 5.11 Å². The molecule has 0 aromatic heterocycles. The Labute approximate surface area is 123 Å². The van der Waals surface area contributed by atoms with Gasteiger partial charge in [-0.25, -0.2) is 0 Å². The highest BCUT2D eigenvalue weighted by molar-refractivity contribution is 9.10. The molecule has 0 fully saturated rings. The third-order valence-corrected chi connectivity index (χ3v) is 3.55. The number of benzene rings is 2. The van der Waals surface area contributed by atoms with Crippen molar-refractivity contribution in [2.24, 2.45) is 15.9 Å². The number of aromatic hydroxyl groups is 1. The summed E-state index contributed by atoms with van der Waals surface area (Å²) < 4.78 is 0.984. The van der Waals surface area contributed by atoms with Crippen LogP contribution in [0.4, 0.5) is 0 Å². The van der Waals surface area contributed by atoms with E-state index in [-0.39, 0.29) is 5.75 Å². The zero-order valence-electron chi connectivity index (χ0n) is 10.2. The SMILES string of the molecule is CS/C(N)=N/N=C\c1c(O)ccc2cc(Br)ccc12. The van der Waals surface area contributed by atoms with Crippen molar-refractivity contribution >= 4 is 49.8 Å². The summed E-state index contributed by atoms with van der Waals surface area (Å²) >= 11 is 4.73. The number of phenolic OH excluding ortho intramolecular Hbond substituents is 1. The molecule has 19 heavy (non-hydrogen) atoms. The molecule has 3 N–H and O–H groups in total. The average Bonchev–Trinajstić information content (AvgIpc) is 2.41. The van der Waals surface area contributed by atoms with Crippen LogP contribution in [0.1, 0.15) is 5.56 Å². The van der Waals surface area contributed by atoms with Gasteiger partial charge in [-0.1, -0.05) is 39.8 Å². The first-order valence-electron chi connectivity index (χ1n) is 5.43. The van der Waals surface area contributed by atoms with E-state index < -0.39 is 0 Å². The Morgan fingerprint density at radius 3 is 2.89 bits per heavy atom. The van der Waals surface area contributed by atoms with E-state index in [1.54, 1.807) is 6.07 Å². The summed E-state index contributed by atoms with van der Waals surface area (Å²) in [7, 11) is 0. The van der Waals surface area contributed by atoms with Gasteiger partial charge in [0, 0.05) is 10.0 Å². The van der Waals surface area contributed by atoms with Crippen molar-refractivity contribution in [1.82, 2.24) is 0 Å². The number of hydrogen-bond acceptors (Lipinski definition) is 4. The summed E-state index contributed by atoms with van der Waals surface area (Å²) in [5.41, 5.74) is 6.17. The number of nitrogens with two attached hydrogens (primary N) is 1. The van der Waals surface area contributed by atoms with Crippen molar-refractivity contribution in [2.75, 3.05) is 6.26 Å². The second-order valence-electron chi connectivity index (χ2n) is 3.75. The molecule has 0 heterocycles. The summed E-state index contributed by atoms with van der Waals surface area (Å²) in [5.74, 6) is 0.163. The predicted molar refractivity (Wildman–Crippen MR) is 86.0 cm³/mol. The van der Waals surface area contributed by atoms with Crippen molar-refractivity contribution in [2.45, 2.75) is 0 Å². The molecule has 0 aliphatic heterocycles. The first kappa shape index (κ1) is 13.9. The van der Waals surface area contributed by atoms with Crippen LogP contribution in [0.5, 0.6) is 5.75 Å². The van der Waals surface area contributed by atoms with Crippen molar-refractivity contribution in [3.8, 4) is 5.75 Å². The van der Waals surface area contributed by atoms with E-state index in [4.69, 9.17) is 5.73 Å². The van der Waals surface area contributed by atoms with Crippen LogP contribution in [0.25, 0.3) is 10.8 Å². The number of rotatable bonds is 2. The Bertz CT molecular complexity index is 670. The zero-order chi connectivity index (χ0) is 13.8. The Morgan fingerprint density at radius 1 is 1.37 bits per heavy atom. The van der Waals surface area contributed by atoms with Crippen LogP contribution in [0.15, 0.2) is 45.0 Å². The number of nitrogens with zero attached hydrogens (tertiary/aromatic N) is 2. The zero-order valence-corrected chi connectivity index (χ0v) is 12.6. The van der Waals surface area contributed by atoms with E-state index in [0.717, 1.165) is 15.2 Å². The molecule has 98 valence electrons. The molecule has 0 spiro atoms. The summed E-state index contributed by atoms with van der Waals surface area (Å²) in [6.07, 6.45) is 3.33. The highest BCUT2D eigenvalue weighted by Crippen LogP contribution is 2.28. The normalized spacial score (nSPS) is 12.4. The maximum Gasteiger partial charge on any atom is 0.180 e. The van der Waals surface area contributed by atoms with Gasteiger partial charge in [-0.2, -0.15) is 5.10 Å². The molecule has 0 aliphatic carbocycles.